The number of esters is 1. The number of thiol groups is 1. The Morgan fingerprint density at radius 2 is 1.75 bits per heavy atom. The van der Waals surface area contributed by atoms with E-state index in [0.717, 1.165) is 32.1 Å². The number of amides is 1. The predicted molar refractivity (Wildman–Crippen MR) is 98.1 cm³/mol. The van der Waals surface area contributed by atoms with Crippen molar-refractivity contribution in [1.29, 1.82) is 0 Å². The van der Waals surface area contributed by atoms with Gasteiger partial charge in [0.2, 0.25) is 0 Å². The highest BCUT2D eigenvalue weighted by molar-refractivity contribution is 7.80. The third-order valence-electron chi connectivity index (χ3n) is 4.26. The minimum absolute atomic E-state index is 0.120. The summed E-state index contributed by atoms with van der Waals surface area (Å²) < 4.78 is 10.6. The Labute approximate surface area is 151 Å². The van der Waals surface area contributed by atoms with Crippen LogP contribution in [0.4, 0.5) is 4.79 Å². The lowest BCUT2D eigenvalue weighted by molar-refractivity contribution is -0.144. The monoisotopic (exact) mass is 359 g/mol. The fourth-order valence-corrected chi connectivity index (χ4v) is 3.39. The summed E-state index contributed by atoms with van der Waals surface area (Å²) in [5, 5.41) is -0.147. The molecule has 1 fully saturated rings. The molecule has 0 aromatic carbocycles. The maximum absolute atomic E-state index is 12.6. The number of carbonyl (C=O) groups is 2. The Bertz CT molecular complexity index is 414. The van der Waals surface area contributed by atoms with Crippen LogP contribution in [0.15, 0.2) is 0 Å². The molecule has 0 radical (unpaired) electrons. The van der Waals surface area contributed by atoms with Crippen molar-refractivity contribution in [2.24, 2.45) is 5.92 Å². The van der Waals surface area contributed by atoms with E-state index >= 15 is 0 Å². The molecule has 0 aliphatic heterocycles. The first-order valence-electron chi connectivity index (χ1n) is 9.02. The van der Waals surface area contributed by atoms with E-state index in [4.69, 9.17) is 9.47 Å². The average molecular weight is 360 g/mol. The van der Waals surface area contributed by atoms with Crippen molar-refractivity contribution in [2.45, 2.75) is 90.2 Å². The van der Waals surface area contributed by atoms with Crippen molar-refractivity contribution in [3.63, 3.8) is 0 Å². The summed E-state index contributed by atoms with van der Waals surface area (Å²) in [5.41, 5.74) is -0.516. The van der Waals surface area contributed by atoms with Crippen LogP contribution in [0.2, 0.25) is 0 Å². The molecule has 1 rings (SSSR count). The van der Waals surface area contributed by atoms with Gasteiger partial charge in [0.1, 0.15) is 5.60 Å². The van der Waals surface area contributed by atoms with Crippen LogP contribution in [-0.2, 0) is 14.3 Å². The van der Waals surface area contributed by atoms with Gasteiger partial charge in [0.15, 0.2) is 0 Å². The lowest BCUT2D eigenvalue weighted by Gasteiger charge is -2.40. The molecule has 24 heavy (non-hydrogen) atoms. The third-order valence-corrected chi connectivity index (χ3v) is 4.87. The molecule has 0 spiro atoms. The SMILES string of the molecule is CCOC(=O)CC1CCC(N(C(=O)OC(C)(C)C)C(S)CC)CC1. The zero-order valence-corrected chi connectivity index (χ0v) is 16.6. The van der Waals surface area contributed by atoms with E-state index in [1.807, 2.05) is 34.6 Å². The highest BCUT2D eigenvalue weighted by Gasteiger charge is 2.34. The van der Waals surface area contributed by atoms with Gasteiger partial charge in [0.05, 0.1) is 12.0 Å². The summed E-state index contributed by atoms with van der Waals surface area (Å²) in [6.45, 7) is 9.89. The summed E-state index contributed by atoms with van der Waals surface area (Å²) in [4.78, 5) is 26.0. The van der Waals surface area contributed by atoms with Crippen molar-refractivity contribution >= 4 is 24.7 Å². The van der Waals surface area contributed by atoms with Crippen LogP contribution >= 0.6 is 12.6 Å². The van der Waals surface area contributed by atoms with Crippen LogP contribution in [0.3, 0.4) is 0 Å². The molecule has 1 saturated carbocycles. The smallest absolute Gasteiger partial charge is 0.411 e. The maximum atomic E-state index is 12.6. The van der Waals surface area contributed by atoms with Gasteiger partial charge in [0.25, 0.3) is 0 Å². The average Bonchev–Trinajstić information content (AvgIpc) is 2.47. The fraction of sp³-hybridized carbons (Fsp3) is 0.889. The van der Waals surface area contributed by atoms with Gasteiger partial charge in [-0.25, -0.2) is 4.79 Å². The van der Waals surface area contributed by atoms with Crippen LogP contribution in [0.25, 0.3) is 0 Å². The number of carbonyl (C=O) groups excluding carboxylic acids is 2. The molecule has 0 N–H and O–H groups in total. The Hall–Kier alpha value is -0.910. The first kappa shape index (κ1) is 21.1. The number of ether oxygens (including phenoxy) is 2. The molecule has 0 bridgehead atoms. The molecule has 0 aromatic heterocycles. The first-order valence-corrected chi connectivity index (χ1v) is 9.54. The third kappa shape index (κ3) is 6.91. The van der Waals surface area contributed by atoms with Gasteiger partial charge in [0, 0.05) is 12.5 Å². The van der Waals surface area contributed by atoms with E-state index < -0.39 is 5.60 Å². The Balaban J connectivity index is 2.64. The van der Waals surface area contributed by atoms with Gasteiger partial charge in [-0.05, 0) is 65.7 Å². The second-order valence-electron chi connectivity index (χ2n) is 7.46. The topological polar surface area (TPSA) is 55.8 Å². The molecule has 0 aromatic rings. The lowest BCUT2D eigenvalue weighted by atomic mass is 9.83. The molecule has 0 saturated heterocycles. The second-order valence-corrected chi connectivity index (χ2v) is 8.06. The van der Waals surface area contributed by atoms with Gasteiger partial charge in [-0.3, -0.25) is 9.69 Å². The summed E-state index contributed by atoms with van der Waals surface area (Å²) in [6, 6.07) is 0.126. The standard InChI is InChI=1S/C18H33NO4S/c1-6-15(24)19(17(21)23-18(3,4)5)14-10-8-13(9-11-14)12-16(20)22-7-2/h13-15,24H,6-12H2,1-5H3. The quantitative estimate of drug-likeness (QED) is 0.434. The minimum Gasteiger partial charge on any atom is -0.466 e. The largest absolute Gasteiger partial charge is 0.466 e. The van der Waals surface area contributed by atoms with E-state index in [2.05, 4.69) is 12.6 Å². The highest BCUT2D eigenvalue weighted by Crippen LogP contribution is 2.32. The molecule has 5 nitrogen and oxygen atoms in total. The van der Waals surface area contributed by atoms with Crippen molar-refractivity contribution in [3.8, 4) is 0 Å². The van der Waals surface area contributed by atoms with Gasteiger partial charge in [-0.2, -0.15) is 12.6 Å². The van der Waals surface area contributed by atoms with E-state index in [1.165, 1.54) is 0 Å². The molecule has 1 aliphatic carbocycles. The maximum Gasteiger partial charge on any atom is 0.411 e. The van der Waals surface area contributed by atoms with Crippen molar-refractivity contribution < 1.29 is 19.1 Å². The number of hydrogen-bond acceptors (Lipinski definition) is 5. The van der Waals surface area contributed by atoms with Crippen molar-refractivity contribution in [1.82, 2.24) is 4.90 Å². The molecule has 0 heterocycles. The van der Waals surface area contributed by atoms with Crippen molar-refractivity contribution in [2.75, 3.05) is 6.61 Å². The van der Waals surface area contributed by atoms with Gasteiger partial charge in [-0.15, -0.1) is 0 Å². The lowest BCUT2D eigenvalue weighted by Crippen LogP contribution is -2.48. The van der Waals surface area contributed by atoms with Gasteiger partial charge >= 0.3 is 12.1 Å². The molecule has 1 unspecified atom stereocenters. The van der Waals surface area contributed by atoms with Crippen LogP contribution in [0, 0.1) is 5.92 Å². The molecule has 140 valence electrons. The Morgan fingerprint density at radius 3 is 2.21 bits per heavy atom. The van der Waals surface area contributed by atoms with E-state index in [-0.39, 0.29) is 23.5 Å². The molecular formula is C18H33NO4S. The predicted octanol–water partition coefficient (Wildman–Crippen LogP) is 4.40. The van der Waals surface area contributed by atoms with E-state index in [9.17, 15) is 9.59 Å². The van der Waals surface area contributed by atoms with Crippen molar-refractivity contribution in [3.05, 3.63) is 0 Å². The minimum atomic E-state index is -0.516. The van der Waals surface area contributed by atoms with E-state index in [1.54, 1.807) is 4.90 Å². The Morgan fingerprint density at radius 1 is 1.17 bits per heavy atom. The fourth-order valence-electron chi connectivity index (χ4n) is 3.11. The van der Waals surface area contributed by atoms with E-state index in [0.29, 0.717) is 18.9 Å². The Kier molecular flexibility index (Phi) is 8.40. The van der Waals surface area contributed by atoms with Crippen LogP contribution in [-0.4, -0.2) is 40.6 Å². The normalized spacial score (nSPS) is 22.6. The molecule has 1 aliphatic rings. The summed E-state index contributed by atoms with van der Waals surface area (Å²) in [7, 11) is 0. The van der Waals surface area contributed by atoms with Gasteiger partial charge < -0.3 is 9.47 Å². The number of nitrogens with zero attached hydrogens (tertiary/aromatic N) is 1. The number of rotatable bonds is 6. The zero-order chi connectivity index (χ0) is 18.3. The second kappa shape index (κ2) is 9.54. The molecule has 1 amide bonds. The summed E-state index contributed by atoms with van der Waals surface area (Å²) in [6.07, 6.45) is 4.55. The van der Waals surface area contributed by atoms with Crippen LogP contribution < -0.4 is 0 Å². The highest BCUT2D eigenvalue weighted by atomic mass is 32.1. The summed E-state index contributed by atoms with van der Waals surface area (Å²) >= 11 is 4.58. The first-order chi connectivity index (χ1) is 11.2. The number of hydrogen-bond donors (Lipinski definition) is 1. The van der Waals surface area contributed by atoms with Crippen LogP contribution in [0.1, 0.15) is 73.1 Å². The van der Waals surface area contributed by atoms with Crippen LogP contribution in [0.5, 0.6) is 0 Å². The summed E-state index contributed by atoms with van der Waals surface area (Å²) in [5.74, 6) is 0.228. The molecule has 6 heteroatoms. The molecular weight excluding hydrogens is 326 g/mol. The molecule has 1 atom stereocenters. The van der Waals surface area contributed by atoms with Gasteiger partial charge in [-0.1, -0.05) is 6.92 Å². The zero-order valence-electron chi connectivity index (χ0n) is 15.7.